The minimum absolute atomic E-state index is 0.0829. The number of hydrogen-bond donors (Lipinski definition) is 1. The van der Waals surface area contributed by atoms with Gasteiger partial charge in [-0.1, -0.05) is 51.1 Å². The van der Waals surface area contributed by atoms with Crippen molar-refractivity contribution in [3.8, 4) is 0 Å². The Bertz CT molecular complexity index is 843. The van der Waals surface area contributed by atoms with Crippen LogP contribution in [0.15, 0.2) is 46.9 Å². The van der Waals surface area contributed by atoms with Crippen LogP contribution < -0.4 is 5.46 Å². The van der Waals surface area contributed by atoms with E-state index in [1.54, 1.807) is 0 Å². The zero-order valence-corrected chi connectivity index (χ0v) is 14.4. The van der Waals surface area contributed by atoms with Crippen molar-refractivity contribution in [2.24, 2.45) is 5.41 Å². The molecule has 0 aliphatic rings. The van der Waals surface area contributed by atoms with Crippen LogP contribution in [-0.2, 0) is 4.65 Å². The second kappa shape index (κ2) is 5.39. The maximum atomic E-state index is 10.5. The highest BCUT2D eigenvalue weighted by molar-refractivity contribution is 6.60. The molecule has 0 saturated heterocycles. The molecule has 0 aliphatic carbocycles. The Labute approximate surface area is 137 Å². The summed E-state index contributed by atoms with van der Waals surface area (Å²) in [6.45, 7) is 10.3. The molecule has 120 valence electrons. The lowest BCUT2D eigenvalue weighted by Crippen LogP contribution is -2.48. The predicted octanol–water partition coefficient (Wildman–Crippen LogP) is 4.11. The Morgan fingerprint density at radius 2 is 1.57 bits per heavy atom. The van der Waals surface area contributed by atoms with E-state index in [4.69, 9.17) is 9.07 Å². The first-order valence-corrected chi connectivity index (χ1v) is 7.96. The molecule has 1 heterocycles. The van der Waals surface area contributed by atoms with Gasteiger partial charge in [-0.25, -0.2) is 0 Å². The van der Waals surface area contributed by atoms with E-state index in [0.717, 1.165) is 27.4 Å². The highest BCUT2D eigenvalue weighted by Gasteiger charge is 2.37. The van der Waals surface area contributed by atoms with Gasteiger partial charge in [0.25, 0.3) is 0 Å². The molecule has 1 aromatic heterocycles. The summed E-state index contributed by atoms with van der Waals surface area (Å²) < 4.78 is 11.8. The van der Waals surface area contributed by atoms with Gasteiger partial charge >= 0.3 is 7.12 Å². The van der Waals surface area contributed by atoms with E-state index in [1.165, 1.54) is 0 Å². The van der Waals surface area contributed by atoms with Crippen LogP contribution in [0.25, 0.3) is 21.9 Å². The largest absolute Gasteiger partial charge is 0.491 e. The molecule has 1 N–H and O–H groups in total. The SMILES string of the molecule is CC(C)(C)C(C)(C)OB(O)c1ccc2oc3ccccc3c2c1. The van der Waals surface area contributed by atoms with Crippen molar-refractivity contribution < 1.29 is 14.1 Å². The molecule has 0 unspecified atom stereocenters. The normalized spacial score (nSPS) is 13.0. The average Bonchev–Trinajstić information content (AvgIpc) is 2.83. The van der Waals surface area contributed by atoms with Crippen molar-refractivity contribution >= 4 is 34.5 Å². The highest BCUT2D eigenvalue weighted by Crippen LogP contribution is 2.33. The lowest BCUT2D eigenvalue weighted by Gasteiger charge is -2.40. The fraction of sp³-hybridized carbons (Fsp3) is 0.368. The third-order valence-electron chi connectivity index (χ3n) is 4.90. The van der Waals surface area contributed by atoms with Crippen molar-refractivity contribution in [1.82, 2.24) is 0 Å². The molecular weight excluding hydrogens is 287 g/mol. The van der Waals surface area contributed by atoms with Crippen molar-refractivity contribution in [2.45, 2.75) is 40.2 Å². The van der Waals surface area contributed by atoms with Gasteiger partial charge in [0.05, 0.1) is 5.60 Å². The van der Waals surface area contributed by atoms with Gasteiger partial charge in [0.15, 0.2) is 0 Å². The molecule has 3 nitrogen and oxygen atoms in total. The third-order valence-corrected chi connectivity index (χ3v) is 4.90. The molecule has 0 saturated carbocycles. The first-order chi connectivity index (χ1) is 10.7. The van der Waals surface area contributed by atoms with Crippen LogP contribution in [0.3, 0.4) is 0 Å². The number of furan rings is 1. The molecule has 0 spiro atoms. The van der Waals surface area contributed by atoms with E-state index in [0.29, 0.717) is 0 Å². The van der Waals surface area contributed by atoms with E-state index in [2.05, 4.69) is 20.8 Å². The van der Waals surface area contributed by atoms with Gasteiger partial charge in [0.1, 0.15) is 11.2 Å². The van der Waals surface area contributed by atoms with E-state index in [-0.39, 0.29) is 5.41 Å². The highest BCUT2D eigenvalue weighted by atomic mass is 16.5. The molecule has 0 fully saturated rings. The molecule has 0 aliphatic heterocycles. The number of para-hydroxylation sites is 1. The summed E-state index contributed by atoms with van der Waals surface area (Å²) in [6, 6.07) is 13.6. The lowest BCUT2D eigenvalue weighted by atomic mass is 9.73. The minimum Gasteiger partial charge on any atom is -0.456 e. The maximum Gasteiger partial charge on any atom is 0.491 e. The first kappa shape index (κ1) is 16.1. The summed E-state index contributed by atoms with van der Waals surface area (Å²) in [7, 11) is -0.970. The van der Waals surface area contributed by atoms with Crippen molar-refractivity contribution in [1.29, 1.82) is 0 Å². The van der Waals surface area contributed by atoms with E-state index >= 15 is 0 Å². The summed E-state index contributed by atoms with van der Waals surface area (Å²) in [4.78, 5) is 0. The van der Waals surface area contributed by atoms with Crippen molar-refractivity contribution in [3.63, 3.8) is 0 Å². The van der Waals surface area contributed by atoms with Crippen LogP contribution in [0.5, 0.6) is 0 Å². The predicted molar refractivity (Wildman–Crippen MR) is 95.9 cm³/mol. The fourth-order valence-corrected chi connectivity index (χ4v) is 2.42. The number of hydrogen-bond acceptors (Lipinski definition) is 3. The van der Waals surface area contributed by atoms with Gasteiger partial charge in [-0.15, -0.1) is 0 Å². The van der Waals surface area contributed by atoms with Crippen molar-refractivity contribution in [3.05, 3.63) is 42.5 Å². The quantitative estimate of drug-likeness (QED) is 0.740. The van der Waals surface area contributed by atoms with Crippen LogP contribution in [-0.4, -0.2) is 17.7 Å². The standard InChI is InChI=1S/C19H23BO3/c1-18(2,3)19(4,5)23-20(21)13-10-11-17-15(12-13)14-8-6-7-9-16(14)22-17/h6-12,21H,1-5H3. The zero-order chi connectivity index (χ0) is 16.8. The Morgan fingerprint density at radius 3 is 2.26 bits per heavy atom. The number of fused-ring (bicyclic) bond motifs is 3. The van der Waals surface area contributed by atoms with Gasteiger partial charge in [-0.2, -0.15) is 0 Å². The van der Waals surface area contributed by atoms with Crippen molar-refractivity contribution in [2.75, 3.05) is 0 Å². The van der Waals surface area contributed by atoms with Crippen LogP contribution in [0.4, 0.5) is 0 Å². The fourth-order valence-electron chi connectivity index (χ4n) is 2.42. The second-order valence-electron chi connectivity index (χ2n) is 7.58. The monoisotopic (exact) mass is 310 g/mol. The molecule has 0 radical (unpaired) electrons. The zero-order valence-electron chi connectivity index (χ0n) is 14.4. The van der Waals surface area contributed by atoms with Gasteiger partial charge in [-0.3, -0.25) is 0 Å². The molecule has 3 aromatic rings. The smallest absolute Gasteiger partial charge is 0.456 e. The molecule has 0 amide bonds. The van der Waals surface area contributed by atoms with Crippen LogP contribution in [0.1, 0.15) is 34.6 Å². The summed E-state index contributed by atoms with van der Waals surface area (Å²) in [5.74, 6) is 0. The molecular formula is C19H23BO3. The van der Waals surface area contributed by atoms with Gasteiger partial charge in [0, 0.05) is 10.8 Å². The van der Waals surface area contributed by atoms with Gasteiger partial charge in [-0.05, 0) is 36.9 Å². The van der Waals surface area contributed by atoms with E-state index in [1.807, 2.05) is 56.3 Å². The first-order valence-electron chi connectivity index (χ1n) is 7.96. The summed E-state index contributed by atoms with van der Waals surface area (Å²) in [5, 5.41) is 12.6. The van der Waals surface area contributed by atoms with Crippen LogP contribution in [0, 0.1) is 5.41 Å². The molecule has 4 heteroatoms. The molecule has 0 atom stereocenters. The Balaban J connectivity index is 1.98. The topological polar surface area (TPSA) is 42.6 Å². The Hall–Kier alpha value is -1.78. The average molecular weight is 310 g/mol. The Morgan fingerprint density at radius 1 is 0.913 bits per heavy atom. The van der Waals surface area contributed by atoms with Gasteiger partial charge in [0.2, 0.25) is 0 Å². The summed E-state index contributed by atoms with van der Waals surface area (Å²) in [6.07, 6.45) is 0. The summed E-state index contributed by atoms with van der Waals surface area (Å²) >= 11 is 0. The second-order valence-corrected chi connectivity index (χ2v) is 7.58. The van der Waals surface area contributed by atoms with Crippen LogP contribution in [0.2, 0.25) is 0 Å². The Kier molecular flexibility index (Phi) is 3.78. The third kappa shape index (κ3) is 2.89. The molecule has 0 bridgehead atoms. The van der Waals surface area contributed by atoms with Gasteiger partial charge < -0.3 is 14.1 Å². The van der Waals surface area contributed by atoms with Crippen LogP contribution >= 0.6 is 0 Å². The lowest BCUT2D eigenvalue weighted by molar-refractivity contribution is -0.0129. The van der Waals surface area contributed by atoms with E-state index < -0.39 is 12.7 Å². The minimum atomic E-state index is -0.970. The maximum absolute atomic E-state index is 10.5. The van der Waals surface area contributed by atoms with E-state index in [9.17, 15) is 5.02 Å². The molecule has 2 aromatic carbocycles. The number of benzene rings is 2. The molecule has 3 rings (SSSR count). The summed E-state index contributed by atoms with van der Waals surface area (Å²) in [5.41, 5.74) is 1.86. The molecule has 23 heavy (non-hydrogen) atoms. The number of rotatable bonds is 3.